The number of fused-ring (bicyclic) bond motifs is 2. The first-order chi connectivity index (χ1) is 41.1. The molecule has 4 heterocycles. The molecule has 24 nitrogen and oxygen atoms in total. The van der Waals surface area contributed by atoms with Crippen molar-refractivity contribution in [3.8, 4) is 56.9 Å². The number of pyridine rings is 3. The number of hydrogen-bond acceptors (Lipinski definition) is 14. The minimum absolute atomic E-state index is 0. The Balaban J connectivity index is 0.00000541. The predicted octanol–water partition coefficient (Wildman–Crippen LogP) is -8.53. The first-order valence-corrected chi connectivity index (χ1v) is 28.4. The molecule has 7 rings (SSSR count). The molecule has 13 N–H and O–H groups in total. The number of carboxylic acids is 1. The number of aryl methyl sites for hydroxylation is 3. The van der Waals surface area contributed by atoms with Crippen molar-refractivity contribution in [3.63, 3.8) is 0 Å². The Morgan fingerprint density at radius 2 is 1.04 bits per heavy atom. The molecule has 5 aromatic rings. The molecule has 4 amide bonds. The molecule has 0 spiro atoms. The maximum atomic E-state index is 14.4. The zero-order valence-electron chi connectivity index (χ0n) is 51.9. The first kappa shape index (κ1) is 76.6. The van der Waals surface area contributed by atoms with Crippen LogP contribution in [0.15, 0.2) is 77.2 Å². The predicted molar refractivity (Wildman–Crippen MR) is 327 cm³/mol. The molecule has 29 heteroatoms. The molecule has 0 fully saturated rings. The smallest absolute Gasteiger partial charge is 0.336 e. The molecule has 0 saturated carbocycles. The molecular formula is C62H77Cl4N11O13S. The van der Waals surface area contributed by atoms with E-state index in [4.69, 9.17) is 16.6 Å². The van der Waals surface area contributed by atoms with Gasteiger partial charge >= 0.3 is 5.97 Å². The summed E-state index contributed by atoms with van der Waals surface area (Å²) in [5.41, 5.74) is 4.48. The average Bonchev–Trinajstić information content (AvgIpc) is 0.759. The van der Waals surface area contributed by atoms with Crippen molar-refractivity contribution in [2.75, 3.05) is 45.0 Å². The summed E-state index contributed by atoms with van der Waals surface area (Å²) in [6.07, 6.45) is -1.40. The highest BCUT2D eigenvalue weighted by molar-refractivity contribution is 7.80. The SMILES string of the molecule is Cc1cc(O)c(O)c(CNC(=O)CCC(CCC(=O)NCc2c(O)c(O)cc(C)[n+]2C)(CCC(=O)NCc2c(O)c(O)cc(C)[n+]2C)NC(=O)CCNC(=S)Nc2ccc(C(=O)O)c(-c3c4ccc(=[N+](C)C)cc-4oc4cc(N(C)C)ccc34)c2)[n+]1C.[Cl-].[Cl-].[Cl-].[Cl-]. The largest absolute Gasteiger partial charge is 1.00 e. The van der Waals surface area contributed by atoms with Crippen molar-refractivity contribution < 1.29 is 127 Å². The molecule has 91 heavy (non-hydrogen) atoms. The fourth-order valence-corrected chi connectivity index (χ4v) is 10.5. The van der Waals surface area contributed by atoms with Gasteiger partial charge in [0, 0.05) is 113 Å². The Morgan fingerprint density at radius 3 is 1.47 bits per heavy atom. The standard InChI is InChI=1S/C62H73N11O13S.4ClH/c1-34-25-47(74)57(81)44(71(34)8)31-64-52(77)17-21-62(22-18-53(78)65-32-45-58(82)48(75)26-35(2)72(45)9,23-19-54(79)66-33-46-59(83)49(76)27-36(3)73(46)10)68-55(80)20-24-63-61(87)67-37-11-14-40(60(84)85)43(28-37)56-41-15-12-38(69(4)5)29-50(41)86-51-30-39(70(6)7)13-16-42(51)56;;;;/h11-16,25-30H,17-24,31-33H2,1-10H3,(H9-,63,64,65,66,67,68,77,78,79,80,81,82,83,84,85,87);4*1H. The fraction of sp³-hybridized carbons (Fsp3) is 0.355. The number of aromatic carboxylic acids is 1. The molecular weight excluding hydrogens is 1280 g/mol. The van der Waals surface area contributed by atoms with E-state index in [1.54, 1.807) is 67.7 Å². The Labute approximate surface area is 556 Å². The van der Waals surface area contributed by atoms with E-state index in [0.717, 1.165) is 11.0 Å². The lowest BCUT2D eigenvalue weighted by molar-refractivity contribution is -0.686. The molecule has 1 aliphatic heterocycles. The first-order valence-electron chi connectivity index (χ1n) is 28.0. The second kappa shape index (κ2) is 32.9. The van der Waals surface area contributed by atoms with Gasteiger partial charge in [-0.25, -0.2) is 9.37 Å². The quantitative estimate of drug-likeness (QED) is 0.0161. The Hall–Kier alpha value is -8.62. The molecule has 0 bridgehead atoms. The van der Waals surface area contributed by atoms with E-state index in [2.05, 4.69) is 31.9 Å². The van der Waals surface area contributed by atoms with E-state index in [1.165, 1.54) is 24.3 Å². The normalized spacial score (nSPS) is 10.8. The number of halogens is 4. The molecule has 0 atom stereocenters. The second-order valence-corrected chi connectivity index (χ2v) is 22.5. The van der Waals surface area contributed by atoms with Gasteiger partial charge in [-0.2, -0.15) is 13.7 Å². The Bertz CT molecular complexity index is 3640. The number of aromatic hydroxyl groups is 6. The highest BCUT2D eigenvalue weighted by Crippen LogP contribution is 2.43. The van der Waals surface area contributed by atoms with Gasteiger partial charge < -0.3 is 127 Å². The summed E-state index contributed by atoms with van der Waals surface area (Å²) in [7, 11) is 12.6. The lowest BCUT2D eigenvalue weighted by Crippen LogP contribution is -3.00. The number of benzene rings is 3. The van der Waals surface area contributed by atoms with Crippen LogP contribution in [0, 0.1) is 20.8 Å². The van der Waals surface area contributed by atoms with Crippen LogP contribution in [0.4, 0.5) is 11.4 Å². The van der Waals surface area contributed by atoms with Crippen LogP contribution in [-0.2, 0) is 60.0 Å². The number of nitrogens with one attached hydrogen (secondary N) is 6. The summed E-state index contributed by atoms with van der Waals surface area (Å²) in [6.45, 7) is 4.47. The summed E-state index contributed by atoms with van der Waals surface area (Å²) < 4.78 is 13.2. The summed E-state index contributed by atoms with van der Waals surface area (Å²) in [5.74, 6) is -5.23. The number of rotatable bonds is 23. The van der Waals surface area contributed by atoms with Gasteiger partial charge in [0.2, 0.25) is 63.3 Å². The zero-order valence-corrected chi connectivity index (χ0v) is 55.8. The van der Waals surface area contributed by atoms with E-state index in [0.29, 0.717) is 56.2 Å². The number of anilines is 2. The van der Waals surface area contributed by atoms with Gasteiger partial charge in [-0.3, -0.25) is 19.2 Å². The molecule has 1 aliphatic carbocycles. The van der Waals surface area contributed by atoms with Gasteiger partial charge in [0.1, 0.15) is 66.2 Å². The Kier molecular flexibility index (Phi) is 27.7. The van der Waals surface area contributed by atoms with E-state index < -0.39 is 52.4 Å². The van der Waals surface area contributed by atoms with Crippen molar-refractivity contribution >= 4 is 69.3 Å². The number of hydrogen-bond donors (Lipinski definition) is 13. The summed E-state index contributed by atoms with van der Waals surface area (Å²) in [4.78, 5) is 70.7. The minimum Gasteiger partial charge on any atom is -1.00 e. The van der Waals surface area contributed by atoms with Gasteiger partial charge in [-0.05, 0) is 73.4 Å². The monoisotopic (exact) mass is 1360 g/mol. The van der Waals surface area contributed by atoms with Gasteiger partial charge in [-0.15, -0.1) is 0 Å². The van der Waals surface area contributed by atoms with Crippen LogP contribution in [0.2, 0.25) is 0 Å². The number of amides is 4. The lowest BCUT2D eigenvalue weighted by atomic mass is 9.83. The molecule has 0 unspecified atom stereocenters. The third kappa shape index (κ3) is 18.5. The average molecular weight is 1360 g/mol. The summed E-state index contributed by atoms with van der Waals surface area (Å²) >= 11 is 5.73. The lowest BCUT2D eigenvalue weighted by Gasteiger charge is -2.35. The molecule has 0 radical (unpaired) electrons. The Morgan fingerprint density at radius 1 is 0.582 bits per heavy atom. The molecule has 492 valence electrons. The van der Waals surface area contributed by atoms with Crippen LogP contribution in [-0.4, -0.2) is 111 Å². The van der Waals surface area contributed by atoms with Gasteiger partial charge in [0.25, 0.3) is 0 Å². The van der Waals surface area contributed by atoms with E-state index in [-0.39, 0.29) is 166 Å². The molecule has 2 aliphatic rings. The molecule has 0 saturated heterocycles. The third-order valence-corrected chi connectivity index (χ3v) is 16.0. The van der Waals surface area contributed by atoms with Crippen LogP contribution >= 0.6 is 12.2 Å². The highest BCUT2D eigenvalue weighted by atomic mass is 35.5. The topological polar surface area (TPSA) is 330 Å². The maximum absolute atomic E-state index is 14.4. The van der Waals surface area contributed by atoms with Gasteiger partial charge in [0.05, 0.1) is 29.8 Å². The fourth-order valence-electron chi connectivity index (χ4n) is 10.2. The van der Waals surface area contributed by atoms with Crippen LogP contribution in [0.3, 0.4) is 0 Å². The van der Waals surface area contributed by atoms with Crippen molar-refractivity contribution in [3.05, 3.63) is 118 Å². The van der Waals surface area contributed by atoms with Crippen molar-refractivity contribution in [1.29, 1.82) is 0 Å². The van der Waals surface area contributed by atoms with E-state index in [9.17, 15) is 59.7 Å². The van der Waals surface area contributed by atoms with E-state index in [1.807, 2.05) is 74.1 Å². The number of carboxylic acid groups (broad SMARTS) is 1. The van der Waals surface area contributed by atoms with Gasteiger partial charge in [0.15, 0.2) is 39.4 Å². The van der Waals surface area contributed by atoms with Crippen LogP contribution in [0.25, 0.3) is 33.4 Å². The molecule has 2 aromatic carbocycles. The number of aromatic nitrogens is 3. The van der Waals surface area contributed by atoms with Crippen LogP contribution in [0.5, 0.6) is 34.5 Å². The maximum Gasteiger partial charge on any atom is 0.336 e. The number of carbonyl (C=O) groups is 5. The summed E-state index contributed by atoms with van der Waals surface area (Å²) in [6, 6.07) is 20.3. The molecule has 3 aromatic heterocycles. The van der Waals surface area contributed by atoms with Gasteiger partial charge in [-0.1, -0.05) is 0 Å². The van der Waals surface area contributed by atoms with Crippen molar-refractivity contribution in [2.24, 2.45) is 21.1 Å². The van der Waals surface area contributed by atoms with Crippen LogP contribution in [0.1, 0.15) is 89.5 Å². The number of nitrogens with zero attached hydrogens (tertiary/aromatic N) is 5. The highest BCUT2D eigenvalue weighted by Gasteiger charge is 2.35. The number of carbonyl (C=O) groups excluding carboxylic acids is 4. The second-order valence-electron chi connectivity index (χ2n) is 22.1. The van der Waals surface area contributed by atoms with E-state index >= 15 is 0 Å². The van der Waals surface area contributed by atoms with Crippen molar-refractivity contribution in [1.82, 2.24) is 31.2 Å². The summed E-state index contributed by atoms with van der Waals surface area (Å²) in [5, 5.41) is 92.8. The zero-order chi connectivity index (χ0) is 63.8. The number of thiocarbonyl (C=S) groups is 1. The van der Waals surface area contributed by atoms with Crippen LogP contribution < -0.4 is 110 Å². The third-order valence-electron chi connectivity index (χ3n) is 15.8. The van der Waals surface area contributed by atoms with Crippen molar-refractivity contribution in [2.45, 2.75) is 90.9 Å². The minimum atomic E-state index is -1.46.